The first kappa shape index (κ1) is 23.2. The van der Waals surface area contributed by atoms with Gasteiger partial charge in [0, 0.05) is 32.8 Å². The molecule has 0 spiro atoms. The maximum Gasteiger partial charge on any atom is 0.153 e. The van der Waals surface area contributed by atoms with Crippen molar-refractivity contribution in [2.45, 2.75) is 0 Å². The first-order chi connectivity index (χ1) is 30.5. The van der Waals surface area contributed by atoms with Crippen LogP contribution in [0.2, 0.25) is 0 Å². The molecule has 0 aliphatic heterocycles. The van der Waals surface area contributed by atoms with Crippen LogP contribution < -0.4 is 4.90 Å². The molecule has 54 heavy (non-hydrogen) atoms. The van der Waals surface area contributed by atoms with Crippen LogP contribution in [0, 0.1) is 11.3 Å². The predicted molar refractivity (Wildman–Crippen MR) is 224 cm³/mol. The van der Waals surface area contributed by atoms with Crippen molar-refractivity contribution in [3.63, 3.8) is 0 Å². The lowest BCUT2D eigenvalue weighted by Crippen LogP contribution is -2.11. The molecule has 0 amide bonds. The van der Waals surface area contributed by atoms with Gasteiger partial charge in [-0.3, -0.25) is 0 Å². The molecule has 0 unspecified atom stereocenters. The highest BCUT2D eigenvalue weighted by atomic mass is 16.3. The number of furan rings is 1. The summed E-state index contributed by atoms with van der Waals surface area (Å²) in [6.07, 6.45) is 0. The van der Waals surface area contributed by atoms with E-state index in [2.05, 4.69) is 11.0 Å². The summed E-state index contributed by atoms with van der Waals surface area (Å²) in [5, 5.41) is 14.1. The highest BCUT2D eigenvalue weighted by Gasteiger charge is 2.21. The van der Waals surface area contributed by atoms with Crippen LogP contribution in [-0.4, -0.2) is 0 Å². The minimum Gasteiger partial charge on any atom is -0.454 e. The second-order valence-electron chi connectivity index (χ2n) is 12.9. The number of hydrogen-bond acceptors (Lipinski definition) is 3. The molecule has 0 bridgehead atoms. The van der Waals surface area contributed by atoms with Gasteiger partial charge in [-0.2, -0.15) is 5.26 Å². The SMILES string of the molecule is [2H]c1c([2H])c([2H])c(-c2ccc(N(c3ccccc3)c3ccc(-c4c([2H])c([2H])c(-c5cccc6c5oc5c(C#N)cccc56)c([2H])c4[2H])c4ccccc34)c3ccccc23)c([2H])c1[2H]. The van der Waals surface area contributed by atoms with Crippen molar-refractivity contribution in [2.24, 2.45) is 0 Å². The Hall–Kier alpha value is -7.41. The zero-order chi connectivity index (χ0) is 43.8. The smallest absolute Gasteiger partial charge is 0.153 e. The summed E-state index contributed by atoms with van der Waals surface area (Å²) in [6, 6.07) is 42.4. The summed E-state index contributed by atoms with van der Waals surface area (Å²) >= 11 is 0. The summed E-state index contributed by atoms with van der Waals surface area (Å²) in [5.74, 6) is 0. The Bertz CT molecular complexity index is 3540. The van der Waals surface area contributed by atoms with Gasteiger partial charge in [-0.1, -0.05) is 164 Å². The summed E-state index contributed by atoms with van der Waals surface area (Å²) in [4.78, 5) is 2.09. The standard InChI is InChI=1S/C51H32N2O/c52-33-37-15-11-23-46-47-24-12-22-41(51(47)54-50(37)46)36-27-25-35(26-28-36)40-30-32-49(45-21-10-8-19-43(40)45)53(38-16-5-2-6-17-38)48-31-29-39(34-13-3-1-4-14-34)42-18-7-9-20-44(42)48/h1-32H/i1D,3D,4D,13D,14D,25D,26D,27D,28D. The molecule has 1 heterocycles. The molecule has 9 aromatic carbocycles. The molecule has 10 aromatic rings. The molecule has 0 fully saturated rings. The lowest BCUT2D eigenvalue weighted by atomic mass is 9.93. The topological polar surface area (TPSA) is 40.2 Å². The van der Waals surface area contributed by atoms with Crippen molar-refractivity contribution in [3.8, 4) is 39.4 Å². The van der Waals surface area contributed by atoms with E-state index >= 15 is 0 Å². The van der Waals surface area contributed by atoms with Crippen molar-refractivity contribution >= 4 is 60.5 Å². The molecule has 0 N–H and O–H groups in total. The molecule has 3 heteroatoms. The quantitative estimate of drug-likeness (QED) is 0.174. The Balaban J connectivity index is 1.18. The molecule has 1 aromatic heterocycles. The van der Waals surface area contributed by atoms with E-state index in [9.17, 15) is 10.7 Å². The third-order valence-corrected chi connectivity index (χ3v) is 9.88. The van der Waals surface area contributed by atoms with Crippen LogP contribution in [0.1, 0.15) is 17.9 Å². The normalized spacial score (nSPS) is 13.6. The van der Waals surface area contributed by atoms with Gasteiger partial charge >= 0.3 is 0 Å². The van der Waals surface area contributed by atoms with Crippen LogP contribution in [0.3, 0.4) is 0 Å². The Morgan fingerprint density at radius 3 is 1.54 bits per heavy atom. The number of hydrogen-bond donors (Lipinski definition) is 0. The van der Waals surface area contributed by atoms with Gasteiger partial charge in [0.05, 0.1) is 29.3 Å². The van der Waals surface area contributed by atoms with Crippen LogP contribution in [0.5, 0.6) is 0 Å². The van der Waals surface area contributed by atoms with E-state index in [0.29, 0.717) is 55.0 Å². The zero-order valence-corrected chi connectivity index (χ0v) is 28.6. The molecule has 0 radical (unpaired) electrons. The highest BCUT2D eigenvalue weighted by molar-refractivity contribution is 6.12. The molecule has 0 atom stereocenters. The van der Waals surface area contributed by atoms with E-state index in [1.807, 2.05) is 109 Å². The maximum absolute atomic E-state index is 9.77. The van der Waals surface area contributed by atoms with E-state index in [0.717, 1.165) is 27.8 Å². The van der Waals surface area contributed by atoms with Gasteiger partial charge < -0.3 is 9.32 Å². The second kappa shape index (κ2) is 13.0. The van der Waals surface area contributed by atoms with Gasteiger partial charge in [0.15, 0.2) is 5.58 Å². The van der Waals surface area contributed by atoms with Gasteiger partial charge in [-0.05, 0) is 68.9 Å². The lowest BCUT2D eigenvalue weighted by Gasteiger charge is -2.29. The Kier molecular flexibility index (Phi) is 5.58. The van der Waals surface area contributed by atoms with Crippen LogP contribution >= 0.6 is 0 Å². The lowest BCUT2D eigenvalue weighted by molar-refractivity contribution is 0.668. The Labute approximate surface area is 325 Å². The van der Waals surface area contributed by atoms with Gasteiger partial charge in [0.1, 0.15) is 11.7 Å². The predicted octanol–water partition coefficient (Wildman–Crippen LogP) is 14.2. The van der Waals surface area contributed by atoms with Crippen molar-refractivity contribution in [1.82, 2.24) is 0 Å². The largest absolute Gasteiger partial charge is 0.454 e. The van der Waals surface area contributed by atoms with Crippen LogP contribution in [-0.2, 0) is 0 Å². The third kappa shape index (κ3) is 5.12. The maximum atomic E-state index is 9.77. The number of anilines is 3. The Morgan fingerprint density at radius 2 is 0.926 bits per heavy atom. The van der Waals surface area contributed by atoms with Crippen LogP contribution in [0.4, 0.5) is 17.1 Å². The average Bonchev–Trinajstić information content (AvgIpc) is 3.71. The van der Waals surface area contributed by atoms with E-state index in [-0.39, 0.29) is 52.9 Å². The molecular formula is C51H32N2O. The minimum atomic E-state index is -0.458. The van der Waals surface area contributed by atoms with Crippen molar-refractivity contribution in [3.05, 3.63) is 199 Å². The monoisotopic (exact) mass is 697 g/mol. The number of benzene rings is 9. The summed E-state index contributed by atoms with van der Waals surface area (Å²) < 4.78 is 86.3. The molecule has 0 aliphatic rings. The molecule has 10 rings (SSSR count). The summed E-state index contributed by atoms with van der Waals surface area (Å²) in [7, 11) is 0. The second-order valence-corrected chi connectivity index (χ2v) is 12.9. The van der Waals surface area contributed by atoms with E-state index in [4.69, 9.17) is 11.3 Å². The zero-order valence-electron chi connectivity index (χ0n) is 37.6. The summed E-state index contributed by atoms with van der Waals surface area (Å²) in [5.41, 5.74) is 5.15. The van der Waals surface area contributed by atoms with Gasteiger partial charge in [0.2, 0.25) is 0 Å². The molecular weight excluding hydrogens is 657 g/mol. The van der Waals surface area contributed by atoms with Crippen LogP contribution in [0.15, 0.2) is 198 Å². The molecule has 0 saturated carbocycles. The average molecular weight is 698 g/mol. The first-order valence-electron chi connectivity index (χ1n) is 21.9. The third-order valence-electron chi connectivity index (χ3n) is 9.88. The van der Waals surface area contributed by atoms with E-state index in [1.54, 1.807) is 30.3 Å². The first-order valence-corrected chi connectivity index (χ1v) is 17.4. The van der Waals surface area contributed by atoms with Gasteiger partial charge in [-0.25, -0.2) is 0 Å². The fourth-order valence-corrected chi connectivity index (χ4v) is 7.45. The molecule has 0 saturated heterocycles. The highest BCUT2D eigenvalue weighted by Crippen LogP contribution is 2.46. The minimum absolute atomic E-state index is 0.0898. The van der Waals surface area contributed by atoms with Crippen molar-refractivity contribution < 1.29 is 16.8 Å². The number of nitriles is 1. The van der Waals surface area contributed by atoms with E-state index < -0.39 is 18.1 Å². The molecule has 252 valence electrons. The van der Waals surface area contributed by atoms with Gasteiger partial charge in [-0.15, -0.1) is 0 Å². The molecule has 3 nitrogen and oxygen atoms in total. The van der Waals surface area contributed by atoms with Gasteiger partial charge in [0.25, 0.3) is 0 Å². The van der Waals surface area contributed by atoms with Crippen molar-refractivity contribution in [1.29, 1.82) is 5.26 Å². The number of nitrogens with zero attached hydrogens (tertiary/aromatic N) is 2. The Morgan fingerprint density at radius 1 is 0.426 bits per heavy atom. The van der Waals surface area contributed by atoms with Crippen molar-refractivity contribution in [2.75, 3.05) is 4.90 Å². The number of fused-ring (bicyclic) bond motifs is 5. The fraction of sp³-hybridized carbons (Fsp3) is 0. The number of rotatable bonds is 6. The fourth-order valence-electron chi connectivity index (χ4n) is 7.45. The molecule has 0 aliphatic carbocycles. The van der Waals surface area contributed by atoms with E-state index in [1.165, 1.54) is 0 Å². The summed E-state index contributed by atoms with van der Waals surface area (Å²) in [6.45, 7) is 0. The van der Waals surface area contributed by atoms with Crippen LogP contribution in [0.25, 0.3) is 76.9 Å². The number of para-hydroxylation sites is 3.